The largest absolute Gasteiger partial charge is 0.454 e. The van der Waals surface area contributed by atoms with Gasteiger partial charge in [0.25, 0.3) is 0 Å². The SMILES string of the molecule is CCCCCCCC/C=C\C/C=C/CC(O)C(=O)NC(COC1OC(CO)C(O)C(O)C1OC(=O)CCCCCCCCC/C=C/CCCCCCCC)C(O)/C=C/CCCCCCCCCCCCC. The summed E-state index contributed by atoms with van der Waals surface area (Å²) in [7, 11) is 0. The maximum absolute atomic E-state index is 13.3. The van der Waals surface area contributed by atoms with E-state index < -0.39 is 67.4 Å². The summed E-state index contributed by atoms with van der Waals surface area (Å²) in [6.07, 6.45) is 47.4. The number of amides is 1. The van der Waals surface area contributed by atoms with Crippen LogP contribution < -0.4 is 5.32 Å². The van der Waals surface area contributed by atoms with E-state index in [1.54, 1.807) is 12.2 Å². The van der Waals surface area contributed by atoms with E-state index in [1.807, 2.05) is 12.2 Å². The number of hydrogen-bond acceptors (Lipinski definition) is 10. The van der Waals surface area contributed by atoms with Gasteiger partial charge in [-0.05, 0) is 64.2 Å². The molecule has 1 heterocycles. The van der Waals surface area contributed by atoms with Gasteiger partial charge < -0.3 is 45.1 Å². The zero-order valence-corrected chi connectivity index (χ0v) is 45.6. The molecule has 414 valence electrons. The van der Waals surface area contributed by atoms with E-state index in [0.717, 1.165) is 57.8 Å². The fourth-order valence-electron chi connectivity index (χ4n) is 8.98. The Morgan fingerprint density at radius 3 is 1.45 bits per heavy atom. The quantitative estimate of drug-likeness (QED) is 0.0195. The molecule has 71 heavy (non-hydrogen) atoms. The molecule has 0 aromatic carbocycles. The Balaban J connectivity index is 2.75. The second-order valence-electron chi connectivity index (χ2n) is 20.4. The van der Waals surface area contributed by atoms with Crippen LogP contribution in [0.25, 0.3) is 0 Å². The zero-order chi connectivity index (χ0) is 51.8. The van der Waals surface area contributed by atoms with E-state index >= 15 is 0 Å². The highest BCUT2D eigenvalue weighted by atomic mass is 16.7. The van der Waals surface area contributed by atoms with E-state index in [4.69, 9.17) is 14.2 Å². The van der Waals surface area contributed by atoms with E-state index in [9.17, 15) is 35.1 Å². The molecule has 0 spiro atoms. The number of unbranched alkanes of at least 4 members (excludes halogenated alkanes) is 30. The van der Waals surface area contributed by atoms with Crippen LogP contribution in [0.1, 0.15) is 258 Å². The summed E-state index contributed by atoms with van der Waals surface area (Å²) in [4.78, 5) is 26.4. The Labute approximate surface area is 434 Å². The summed E-state index contributed by atoms with van der Waals surface area (Å²) in [5, 5.41) is 56.7. The minimum atomic E-state index is -1.62. The normalized spacial score (nSPS) is 19.9. The van der Waals surface area contributed by atoms with Gasteiger partial charge in [-0.25, -0.2) is 0 Å². The molecule has 11 nitrogen and oxygen atoms in total. The molecule has 1 aliphatic rings. The number of hydrogen-bond donors (Lipinski definition) is 6. The van der Waals surface area contributed by atoms with Crippen molar-refractivity contribution in [2.75, 3.05) is 13.2 Å². The van der Waals surface area contributed by atoms with Crippen LogP contribution >= 0.6 is 0 Å². The molecule has 1 amide bonds. The van der Waals surface area contributed by atoms with E-state index in [2.05, 4.69) is 50.4 Å². The third-order valence-corrected chi connectivity index (χ3v) is 13.7. The summed E-state index contributed by atoms with van der Waals surface area (Å²) in [5.41, 5.74) is 0. The van der Waals surface area contributed by atoms with Gasteiger partial charge in [-0.2, -0.15) is 0 Å². The first kappa shape index (κ1) is 66.6. The van der Waals surface area contributed by atoms with Crippen molar-refractivity contribution < 1.29 is 49.3 Å². The molecule has 11 heteroatoms. The molecule has 1 aliphatic heterocycles. The molecule has 0 saturated carbocycles. The van der Waals surface area contributed by atoms with E-state index in [0.29, 0.717) is 12.8 Å². The van der Waals surface area contributed by atoms with Crippen molar-refractivity contribution in [2.24, 2.45) is 0 Å². The van der Waals surface area contributed by atoms with Crippen molar-refractivity contribution in [1.82, 2.24) is 5.32 Å². The van der Waals surface area contributed by atoms with Crippen molar-refractivity contribution >= 4 is 11.9 Å². The zero-order valence-electron chi connectivity index (χ0n) is 45.6. The van der Waals surface area contributed by atoms with Crippen molar-refractivity contribution in [3.63, 3.8) is 0 Å². The molecule has 1 rings (SSSR count). The van der Waals surface area contributed by atoms with Crippen LogP contribution in [0.2, 0.25) is 0 Å². The van der Waals surface area contributed by atoms with Crippen LogP contribution in [0.5, 0.6) is 0 Å². The van der Waals surface area contributed by atoms with E-state index in [-0.39, 0.29) is 19.4 Å². The molecule has 1 fully saturated rings. The van der Waals surface area contributed by atoms with Gasteiger partial charge in [0.1, 0.15) is 24.4 Å². The van der Waals surface area contributed by atoms with Gasteiger partial charge in [0.05, 0.1) is 25.4 Å². The second kappa shape index (κ2) is 48.6. The highest BCUT2D eigenvalue weighted by Crippen LogP contribution is 2.26. The number of ether oxygens (including phenoxy) is 3. The van der Waals surface area contributed by atoms with Crippen LogP contribution in [-0.4, -0.2) is 99.6 Å². The van der Waals surface area contributed by atoms with Crippen LogP contribution in [-0.2, 0) is 23.8 Å². The van der Waals surface area contributed by atoms with Crippen LogP contribution in [0.15, 0.2) is 48.6 Å². The first-order valence-corrected chi connectivity index (χ1v) is 29.4. The van der Waals surface area contributed by atoms with Gasteiger partial charge in [-0.3, -0.25) is 9.59 Å². The van der Waals surface area contributed by atoms with Gasteiger partial charge in [-0.1, -0.05) is 230 Å². The van der Waals surface area contributed by atoms with Gasteiger partial charge in [-0.15, -0.1) is 0 Å². The number of allylic oxidation sites excluding steroid dienone is 6. The molecule has 0 aliphatic carbocycles. The number of aliphatic hydroxyl groups is 5. The lowest BCUT2D eigenvalue weighted by Gasteiger charge is -2.41. The van der Waals surface area contributed by atoms with Gasteiger partial charge >= 0.3 is 5.97 Å². The highest BCUT2D eigenvalue weighted by Gasteiger charge is 2.47. The highest BCUT2D eigenvalue weighted by molar-refractivity contribution is 5.81. The number of carbonyl (C=O) groups excluding carboxylic acids is 2. The molecular weight excluding hydrogens is 895 g/mol. The van der Waals surface area contributed by atoms with Crippen molar-refractivity contribution in [2.45, 2.75) is 307 Å². The lowest BCUT2D eigenvalue weighted by Crippen LogP contribution is -2.61. The predicted molar refractivity (Wildman–Crippen MR) is 292 cm³/mol. The summed E-state index contributed by atoms with van der Waals surface area (Å²) in [6.45, 7) is 5.73. The van der Waals surface area contributed by atoms with Crippen molar-refractivity contribution in [1.29, 1.82) is 0 Å². The Morgan fingerprint density at radius 1 is 0.549 bits per heavy atom. The summed E-state index contributed by atoms with van der Waals surface area (Å²) in [6, 6.07) is -1.05. The maximum atomic E-state index is 13.3. The van der Waals surface area contributed by atoms with Crippen LogP contribution in [0.4, 0.5) is 0 Å². The molecule has 0 aromatic heterocycles. The molecule has 1 saturated heterocycles. The Kier molecular flexibility index (Phi) is 45.6. The first-order valence-electron chi connectivity index (χ1n) is 29.4. The predicted octanol–water partition coefficient (Wildman–Crippen LogP) is 13.3. The average Bonchev–Trinajstić information content (AvgIpc) is 3.37. The number of aliphatic hydroxyl groups excluding tert-OH is 5. The minimum Gasteiger partial charge on any atom is -0.454 e. The van der Waals surface area contributed by atoms with Crippen LogP contribution in [0.3, 0.4) is 0 Å². The Bertz CT molecular complexity index is 1340. The van der Waals surface area contributed by atoms with Gasteiger partial charge in [0.2, 0.25) is 5.91 Å². The van der Waals surface area contributed by atoms with Gasteiger partial charge in [0.15, 0.2) is 12.4 Å². The number of nitrogens with one attached hydrogen (secondary N) is 1. The molecule has 8 unspecified atom stereocenters. The second-order valence-corrected chi connectivity index (χ2v) is 20.4. The lowest BCUT2D eigenvalue weighted by molar-refractivity contribution is -0.305. The topological polar surface area (TPSA) is 175 Å². The fraction of sp³-hybridized carbons (Fsp3) is 0.833. The summed E-state index contributed by atoms with van der Waals surface area (Å²) in [5.74, 6) is -1.27. The number of carbonyl (C=O) groups is 2. The average molecular weight is 1000 g/mol. The smallest absolute Gasteiger partial charge is 0.306 e. The van der Waals surface area contributed by atoms with Gasteiger partial charge in [0, 0.05) is 12.8 Å². The summed E-state index contributed by atoms with van der Waals surface area (Å²) < 4.78 is 17.5. The molecule has 0 radical (unpaired) electrons. The standard InChI is InChI=1S/C60H109NO10/c1-4-7-10-13-16-19-22-25-26-27-28-30-33-36-39-42-45-48-55(65)71-58-57(67)56(66)54(49-62)70-60(58)69-50-51(52(63)46-43-40-37-34-32-29-23-20-17-14-11-8-5-2)61-59(68)53(64)47-44-41-38-35-31-24-21-18-15-12-9-6-3/h25-26,31,35,41,43-44,46,51-54,56-58,60,62-64,66-67H,4-24,27-30,32-34,36-40,42,45,47-50H2,1-3H3,(H,61,68)/b26-25+,35-31-,44-41+,46-43+. The maximum Gasteiger partial charge on any atom is 0.306 e. The molecule has 0 bridgehead atoms. The monoisotopic (exact) mass is 1000 g/mol. The summed E-state index contributed by atoms with van der Waals surface area (Å²) >= 11 is 0. The minimum absolute atomic E-state index is 0.0821. The van der Waals surface area contributed by atoms with Crippen molar-refractivity contribution in [3.8, 4) is 0 Å². The van der Waals surface area contributed by atoms with E-state index in [1.165, 1.54) is 154 Å². The van der Waals surface area contributed by atoms with Crippen molar-refractivity contribution in [3.05, 3.63) is 48.6 Å². The number of rotatable bonds is 49. The fourth-order valence-corrected chi connectivity index (χ4v) is 8.98. The third kappa shape index (κ3) is 37.1. The molecule has 6 N–H and O–H groups in total. The Hall–Kier alpha value is -2.38. The molecule has 0 aromatic rings. The Morgan fingerprint density at radius 2 is 0.972 bits per heavy atom. The molecule has 8 atom stereocenters. The molecular formula is C60H109NO10. The van der Waals surface area contributed by atoms with Crippen LogP contribution in [0, 0.1) is 0 Å². The third-order valence-electron chi connectivity index (χ3n) is 13.7. The lowest BCUT2D eigenvalue weighted by atomic mass is 9.99. The first-order chi connectivity index (χ1) is 34.7. The number of esters is 1.